The Labute approximate surface area is 91.6 Å². The van der Waals surface area contributed by atoms with E-state index in [-0.39, 0.29) is 0 Å². The summed E-state index contributed by atoms with van der Waals surface area (Å²) in [5.74, 6) is 0.571. The van der Waals surface area contributed by atoms with Crippen molar-refractivity contribution in [3.05, 3.63) is 18.0 Å². The summed E-state index contributed by atoms with van der Waals surface area (Å²) in [7, 11) is 3.67. The zero-order valence-electron chi connectivity index (χ0n) is 10.0. The van der Waals surface area contributed by atoms with Crippen molar-refractivity contribution in [2.75, 3.05) is 13.7 Å². The minimum absolute atomic E-state index is 0.398. The Balaban J connectivity index is 2.39. The Morgan fingerprint density at radius 3 is 2.73 bits per heavy atom. The molecule has 1 heterocycles. The van der Waals surface area contributed by atoms with Crippen molar-refractivity contribution < 1.29 is 4.74 Å². The van der Waals surface area contributed by atoms with Crippen molar-refractivity contribution in [3.63, 3.8) is 0 Å². The van der Waals surface area contributed by atoms with E-state index in [1.54, 1.807) is 7.11 Å². The summed E-state index contributed by atoms with van der Waals surface area (Å²) in [6, 6.07) is 0.398. The molecule has 0 spiro atoms. The van der Waals surface area contributed by atoms with Crippen LogP contribution in [0, 0.1) is 5.92 Å². The second-order valence-electron chi connectivity index (χ2n) is 4.21. The molecular weight excluding hydrogens is 190 g/mol. The van der Waals surface area contributed by atoms with Gasteiger partial charge in [0.15, 0.2) is 0 Å². The number of rotatable bonds is 6. The molecule has 4 heteroatoms. The fourth-order valence-corrected chi connectivity index (χ4v) is 1.48. The van der Waals surface area contributed by atoms with Crippen molar-refractivity contribution in [1.82, 2.24) is 15.1 Å². The first-order valence-electron chi connectivity index (χ1n) is 5.33. The molecule has 1 unspecified atom stereocenters. The molecule has 1 aromatic heterocycles. The molecule has 4 nitrogen and oxygen atoms in total. The van der Waals surface area contributed by atoms with Gasteiger partial charge in [0.25, 0.3) is 0 Å². The van der Waals surface area contributed by atoms with E-state index in [1.165, 1.54) is 5.56 Å². The van der Waals surface area contributed by atoms with E-state index in [2.05, 4.69) is 24.3 Å². The average Bonchev–Trinajstić information content (AvgIpc) is 2.58. The molecule has 0 aliphatic carbocycles. The molecule has 0 aliphatic heterocycles. The third kappa shape index (κ3) is 4.01. The fraction of sp³-hybridized carbons (Fsp3) is 0.727. The monoisotopic (exact) mass is 211 g/mol. The van der Waals surface area contributed by atoms with E-state index in [0.717, 1.165) is 13.2 Å². The second-order valence-corrected chi connectivity index (χ2v) is 4.21. The lowest BCUT2D eigenvalue weighted by Gasteiger charge is -2.21. The molecule has 15 heavy (non-hydrogen) atoms. The summed E-state index contributed by atoms with van der Waals surface area (Å²) in [5.41, 5.74) is 1.21. The van der Waals surface area contributed by atoms with E-state index >= 15 is 0 Å². The number of ether oxygens (including phenoxy) is 1. The van der Waals surface area contributed by atoms with Crippen molar-refractivity contribution in [2.24, 2.45) is 13.0 Å². The van der Waals surface area contributed by atoms with Crippen molar-refractivity contribution in [2.45, 2.75) is 26.4 Å². The van der Waals surface area contributed by atoms with E-state index in [1.807, 2.05) is 24.1 Å². The van der Waals surface area contributed by atoms with Gasteiger partial charge in [-0.1, -0.05) is 13.8 Å². The van der Waals surface area contributed by atoms with Gasteiger partial charge in [0.2, 0.25) is 0 Å². The van der Waals surface area contributed by atoms with Crippen LogP contribution in [0.25, 0.3) is 0 Å². The Hall–Kier alpha value is -0.870. The van der Waals surface area contributed by atoms with Gasteiger partial charge < -0.3 is 10.1 Å². The predicted octanol–water partition coefficient (Wildman–Crippen LogP) is 1.18. The van der Waals surface area contributed by atoms with Crippen LogP contribution in [0.1, 0.15) is 19.4 Å². The second kappa shape index (κ2) is 5.88. The Kier molecular flexibility index (Phi) is 4.78. The van der Waals surface area contributed by atoms with E-state index < -0.39 is 0 Å². The highest BCUT2D eigenvalue weighted by molar-refractivity contribution is 5.03. The van der Waals surface area contributed by atoms with Gasteiger partial charge in [-0.15, -0.1) is 0 Å². The summed E-state index contributed by atoms with van der Waals surface area (Å²) in [5, 5.41) is 7.60. The maximum Gasteiger partial charge on any atom is 0.0618 e. The lowest BCUT2D eigenvalue weighted by Crippen LogP contribution is -2.37. The van der Waals surface area contributed by atoms with E-state index in [9.17, 15) is 0 Å². The third-order valence-corrected chi connectivity index (χ3v) is 2.48. The van der Waals surface area contributed by atoms with Crippen LogP contribution in [-0.2, 0) is 18.3 Å². The van der Waals surface area contributed by atoms with Crippen LogP contribution in [0.15, 0.2) is 12.4 Å². The lowest BCUT2D eigenvalue weighted by molar-refractivity contribution is 0.146. The smallest absolute Gasteiger partial charge is 0.0618 e. The number of aromatic nitrogens is 2. The van der Waals surface area contributed by atoms with Gasteiger partial charge in [-0.25, -0.2) is 0 Å². The van der Waals surface area contributed by atoms with E-state index in [4.69, 9.17) is 4.74 Å². The fourth-order valence-electron chi connectivity index (χ4n) is 1.48. The molecule has 0 saturated carbocycles. The first kappa shape index (κ1) is 12.2. The minimum atomic E-state index is 0.398. The summed E-state index contributed by atoms with van der Waals surface area (Å²) in [6.07, 6.45) is 3.91. The largest absolute Gasteiger partial charge is 0.383 e. The molecule has 0 radical (unpaired) electrons. The standard InChI is InChI=1S/C11H21N3O/c1-9(2)11(8-15-4)12-5-10-6-13-14(3)7-10/h6-7,9,11-12H,5,8H2,1-4H3. The third-order valence-electron chi connectivity index (χ3n) is 2.48. The maximum atomic E-state index is 5.18. The number of hydrogen-bond donors (Lipinski definition) is 1. The first-order chi connectivity index (χ1) is 7.13. The molecule has 0 fully saturated rings. The van der Waals surface area contributed by atoms with Crippen LogP contribution in [-0.4, -0.2) is 29.5 Å². The van der Waals surface area contributed by atoms with Gasteiger partial charge in [-0.3, -0.25) is 4.68 Å². The molecule has 1 N–H and O–H groups in total. The SMILES string of the molecule is COCC(NCc1cnn(C)c1)C(C)C. The first-order valence-corrected chi connectivity index (χ1v) is 5.33. The molecule has 0 saturated heterocycles. The molecule has 1 rings (SSSR count). The van der Waals surface area contributed by atoms with Crippen LogP contribution in [0.5, 0.6) is 0 Å². The normalized spacial score (nSPS) is 13.4. The zero-order chi connectivity index (χ0) is 11.3. The zero-order valence-corrected chi connectivity index (χ0v) is 10.0. The number of methoxy groups -OCH3 is 1. The van der Waals surface area contributed by atoms with Crippen molar-refractivity contribution in [1.29, 1.82) is 0 Å². The molecule has 0 bridgehead atoms. The van der Waals surface area contributed by atoms with Crippen LogP contribution >= 0.6 is 0 Å². The van der Waals surface area contributed by atoms with Gasteiger partial charge in [-0.2, -0.15) is 5.10 Å². The Morgan fingerprint density at radius 1 is 1.53 bits per heavy atom. The molecule has 0 amide bonds. The van der Waals surface area contributed by atoms with Gasteiger partial charge in [0.1, 0.15) is 0 Å². The van der Waals surface area contributed by atoms with Crippen molar-refractivity contribution in [3.8, 4) is 0 Å². The van der Waals surface area contributed by atoms with E-state index in [0.29, 0.717) is 12.0 Å². The number of aryl methyl sites for hydroxylation is 1. The minimum Gasteiger partial charge on any atom is -0.383 e. The van der Waals surface area contributed by atoms with Crippen LogP contribution in [0.4, 0.5) is 0 Å². The highest BCUT2D eigenvalue weighted by Gasteiger charge is 2.12. The van der Waals surface area contributed by atoms with Gasteiger partial charge in [0, 0.05) is 38.5 Å². The predicted molar refractivity (Wildman–Crippen MR) is 60.5 cm³/mol. The number of nitrogens with one attached hydrogen (secondary N) is 1. The van der Waals surface area contributed by atoms with Gasteiger partial charge in [-0.05, 0) is 5.92 Å². The molecule has 0 aliphatic rings. The Bertz CT molecular complexity index is 283. The summed E-state index contributed by atoms with van der Waals surface area (Å²) < 4.78 is 6.99. The highest BCUT2D eigenvalue weighted by atomic mass is 16.5. The molecule has 1 atom stereocenters. The maximum absolute atomic E-state index is 5.18. The summed E-state index contributed by atoms with van der Waals surface area (Å²) in [6.45, 7) is 5.98. The molecular formula is C11H21N3O. The average molecular weight is 211 g/mol. The summed E-state index contributed by atoms with van der Waals surface area (Å²) >= 11 is 0. The summed E-state index contributed by atoms with van der Waals surface area (Å²) in [4.78, 5) is 0. The molecule has 0 aromatic carbocycles. The number of hydrogen-bond acceptors (Lipinski definition) is 3. The highest BCUT2D eigenvalue weighted by Crippen LogP contribution is 2.04. The van der Waals surface area contributed by atoms with Crippen LogP contribution in [0.3, 0.4) is 0 Å². The molecule has 86 valence electrons. The lowest BCUT2D eigenvalue weighted by atomic mass is 10.1. The van der Waals surface area contributed by atoms with Gasteiger partial charge in [0.05, 0.1) is 12.8 Å². The Morgan fingerprint density at radius 2 is 2.27 bits per heavy atom. The molecule has 1 aromatic rings. The van der Waals surface area contributed by atoms with Crippen LogP contribution < -0.4 is 5.32 Å². The van der Waals surface area contributed by atoms with Crippen molar-refractivity contribution >= 4 is 0 Å². The topological polar surface area (TPSA) is 39.1 Å². The number of nitrogens with zero attached hydrogens (tertiary/aromatic N) is 2. The van der Waals surface area contributed by atoms with Crippen LogP contribution in [0.2, 0.25) is 0 Å². The van der Waals surface area contributed by atoms with Gasteiger partial charge >= 0.3 is 0 Å². The quantitative estimate of drug-likeness (QED) is 0.768.